The molecule has 1 saturated carbocycles. The van der Waals surface area contributed by atoms with E-state index >= 15 is 0 Å². The number of ether oxygens (including phenoxy) is 1. The molecule has 1 aliphatic carbocycles. The quantitative estimate of drug-likeness (QED) is 0.722. The molecule has 1 saturated heterocycles. The van der Waals surface area contributed by atoms with E-state index in [0.29, 0.717) is 19.0 Å². The molecule has 1 aromatic carbocycles. The van der Waals surface area contributed by atoms with Crippen LogP contribution in [-0.4, -0.2) is 70.2 Å². The fourth-order valence-corrected chi connectivity index (χ4v) is 4.22. The first kappa shape index (κ1) is 22.5. The van der Waals surface area contributed by atoms with Crippen molar-refractivity contribution >= 4 is 28.4 Å². The van der Waals surface area contributed by atoms with Gasteiger partial charge < -0.3 is 15.0 Å². The van der Waals surface area contributed by atoms with E-state index in [1.807, 2.05) is 20.8 Å². The molecule has 1 aromatic heterocycles. The molecule has 4 rings (SSSR count). The van der Waals surface area contributed by atoms with Gasteiger partial charge in [0.1, 0.15) is 17.7 Å². The molecule has 2 heterocycles. The van der Waals surface area contributed by atoms with Crippen LogP contribution in [0.25, 0.3) is 16.5 Å². The number of fused-ring (bicyclic) bond motifs is 1. The maximum absolute atomic E-state index is 12.3. The minimum absolute atomic E-state index is 0.205. The molecule has 0 spiro atoms. The van der Waals surface area contributed by atoms with Crippen LogP contribution in [0.1, 0.15) is 46.1 Å². The van der Waals surface area contributed by atoms with E-state index < -0.39 is 5.60 Å². The van der Waals surface area contributed by atoms with E-state index in [2.05, 4.69) is 51.9 Å². The third-order valence-corrected chi connectivity index (χ3v) is 6.02. The molecule has 1 N–H and O–H groups in total. The van der Waals surface area contributed by atoms with Crippen molar-refractivity contribution in [1.82, 2.24) is 19.8 Å². The van der Waals surface area contributed by atoms with E-state index in [9.17, 15) is 4.79 Å². The Labute approximate surface area is 190 Å². The first-order valence-electron chi connectivity index (χ1n) is 11.6. The average Bonchev–Trinajstić information content (AvgIpc) is 3.58. The van der Waals surface area contributed by atoms with Gasteiger partial charge in [0.05, 0.1) is 5.52 Å². The number of carbonyl (C=O) groups is 1. The SMILES string of the molecule is C=C(c1cccc2c(N[C@@H](C)CN3CCN(C(=O)OC(C)(C)C)CC3)ncnc12)C1CC1. The van der Waals surface area contributed by atoms with Gasteiger partial charge in [-0.05, 0) is 58.1 Å². The van der Waals surface area contributed by atoms with Gasteiger partial charge >= 0.3 is 6.09 Å². The number of aromatic nitrogens is 2. The zero-order valence-corrected chi connectivity index (χ0v) is 19.7. The second-order valence-electron chi connectivity index (χ2n) is 10.0. The second kappa shape index (κ2) is 9.06. The van der Waals surface area contributed by atoms with E-state index in [1.54, 1.807) is 11.2 Å². The maximum atomic E-state index is 12.3. The molecule has 7 heteroatoms. The number of amides is 1. The number of carbonyl (C=O) groups excluding carboxylic acids is 1. The van der Waals surface area contributed by atoms with Crippen LogP contribution in [-0.2, 0) is 4.74 Å². The molecule has 0 bridgehead atoms. The average molecular weight is 438 g/mol. The fraction of sp³-hybridized carbons (Fsp3) is 0.560. The van der Waals surface area contributed by atoms with Crippen molar-refractivity contribution in [1.29, 1.82) is 0 Å². The van der Waals surface area contributed by atoms with Gasteiger partial charge in [0.25, 0.3) is 0 Å². The summed E-state index contributed by atoms with van der Waals surface area (Å²) in [6, 6.07) is 6.47. The van der Waals surface area contributed by atoms with Gasteiger partial charge in [0.15, 0.2) is 0 Å². The van der Waals surface area contributed by atoms with Crippen LogP contribution in [0.15, 0.2) is 31.1 Å². The summed E-state index contributed by atoms with van der Waals surface area (Å²) in [7, 11) is 0. The van der Waals surface area contributed by atoms with Crippen molar-refractivity contribution in [3.8, 4) is 0 Å². The van der Waals surface area contributed by atoms with Crippen molar-refractivity contribution in [2.75, 3.05) is 38.0 Å². The molecule has 1 aliphatic heterocycles. The van der Waals surface area contributed by atoms with Crippen LogP contribution < -0.4 is 5.32 Å². The Kier molecular flexibility index (Phi) is 6.38. The number of hydrogen-bond acceptors (Lipinski definition) is 6. The lowest BCUT2D eigenvalue weighted by molar-refractivity contribution is 0.0144. The highest BCUT2D eigenvalue weighted by Gasteiger charge is 2.28. The number of benzene rings is 1. The normalized spacial score (nSPS) is 18.4. The monoisotopic (exact) mass is 437 g/mol. The van der Waals surface area contributed by atoms with E-state index in [-0.39, 0.29) is 12.1 Å². The summed E-state index contributed by atoms with van der Waals surface area (Å²) in [4.78, 5) is 25.6. The summed E-state index contributed by atoms with van der Waals surface area (Å²) in [5, 5.41) is 4.62. The lowest BCUT2D eigenvalue weighted by atomic mass is 10.00. The van der Waals surface area contributed by atoms with Gasteiger partial charge in [0, 0.05) is 49.7 Å². The van der Waals surface area contributed by atoms with Crippen LogP contribution >= 0.6 is 0 Å². The van der Waals surface area contributed by atoms with Gasteiger partial charge in [0.2, 0.25) is 0 Å². The minimum Gasteiger partial charge on any atom is -0.444 e. The number of nitrogens with one attached hydrogen (secondary N) is 1. The zero-order chi connectivity index (χ0) is 22.9. The summed E-state index contributed by atoms with van der Waals surface area (Å²) < 4.78 is 5.49. The molecule has 32 heavy (non-hydrogen) atoms. The topological polar surface area (TPSA) is 70.6 Å². The number of piperazine rings is 1. The number of hydrogen-bond donors (Lipinski definition) is 1. The van der Waals surface area contributed by atoms with Crippen LogP contribution in [0, 0.1) is 5.92 Å². The predicted octanol–water partition coefficient (Wildman–Crippen LogP) is 4.41. The molecule has 0 unspecified atom stereocenters. The highest BCUT2D eigenvalue weighted by Crippen LogP contribution is 2.42. The maximum Gasteiger partial charge on any atom is 0.410 e. The molecule has 0 radical (unpaired) electrons. The smallest absolute Gasteiger partial charge is 0.410 e. The molecular formula is C25H35N5O2. The highest BCUT2D eigenvalue weighted by atomic mass is 16.6. The van der Waals surface area contributed by atoms with Gasteiger partial charge in [-0.25, -0.2) is 14.8 Å². The first-order valence-corrected chi connectivity index (χ1v) is 11.6. The number of allylic oxidation sites excluding steroid dienone is 1. The largest absolute Gasteiger partial charge is 0.444 e. The van der Waals surface area contributed by atoms with E-state index in [1.165, 1.54) is 18.4 Å². The Balaban J connectivity index is 1.36. The summed E-state index contributed by atoms with van der Waals surface area (Å²) in [5.74, 6) is 1.46. The van der Waals surface area contributed by atoms with E-state index in [4.69, 9.17) is 4.74 Å². The molecular weight excluding hydrogens is 402 g/mol. The number of nitrogens with zero attached hydrogens (tertiary/aromatic N) is 4. The highest BCUT2D eigenvalue weighted by molar-refractivity contribution is 5.96. The van der Waals surface area contributed by atoms with Gasteiger partial charge in [-0.2, -0.15) is 0 Å². The van der Waals surface area contributed by atoms with Crippen LogP contribution in [0.3, 0.4) is 0 Å². The Morgan fingerprint density at radius 1 is 1.22 bits per heavy atom. The summed E-state index contributed by atoms with van der Waals surface area (Å²) in [6.07, 6.45) is 3.87. The molecule has 2 fully saturated rings. The van der Waals surface area contributed by atoms with Gasteiger partial charge in [-0.3, -0.25) is 4.90 Å². The van der Waals surface area contributed by atoms with Crippen LogP contribution in [0.2, 0.25) is 0 Å². The number of rotatable bonds is 6. The summed E-state index contributed by atoms with van der Waals surface area (Å²) in [6.45, 7) is 16.1. The Morgan fingerprint density at radius 2 is 1.94 bits per heavy atom. The molecule has 172 valence electrons. The molecule has 2 aliphatic rings. The van der Waals surface area contributed by atoms with Gasteiger partial charge in [-0.15, -0.1) is 0 Å². The van der Waals surface area contributed by atoms with E-state index in [0.717, 1.165) is 41.9 Å². The van der Waals surface area contributed by atoms with Crippen molar-refractivity contribution in [2.45, 2.75) is 52.2 Å². The molecule has 1 atom stereocenters. The Bertz CT molecular complexity index is 987. The first-order chi connectivity index (χ1) is 15.2. The second-order valence-corrected chi connectivity index (χ2v) is 10.0. The lowest BCUT2D eigenvalue weighted by Gasteiger charge is -2.36. The van der Waals surface area contributed by atoms with Crippen molar-refractivity contribution in [3.05, 3.63) is 36.7 Å². The Hall–Kier alpha value is -2.67. The number of para-hydroxylation sites is 1. The number of anilines is 1. The summed E-state index contributed by atoms with van der Waals surface area (Å²) in [5.41, 5.74) is 2.84. The molecule has 7 nitrogen and oxygen atoms in total. The zero-order valence-electron chi connectivity index (χ0n) is 19.7. The third kappa shape index (κ3) is 5.38. The van der Waals surface area contributed by atoms with Crippen molar-refractivity contribution < 1.29 is 9.53 Å². The van der Waals surface area contributed by atoms with Crippen molar-refractivity contribution in [3.63, 3.8) is 0 Å². The summed E-state index contributed by atoms with van der Waals surface area (Å²) >= 11 is 0. The predicted molar refractivity (Wildman–Crippen MR) is 129 cm³/mol. The minimum atomic E-state index is -0.460. The van der Waals surface area contributed by atoms with Gasteiger partial charge in [-0.1, -0.05) is 18.7 Å². The van der Waals surface area contributed by atoms with Crippen LogP contribution in [0.5, 0.6) is 0 Å². The Morgan fingerprint density at radius 3 is 2.59 bits per heavy atom. The molecule has 2 aromatic rings. The van der Waals surface area contributed by atoms with Crippen LogP contribution in [0.4, 0.5) is 10.6 Å². The standard InChI is InChI=1S/C25H35N5O2/c1-17(15-29-11-13-30(14-12-29)24(31)32-25(3,4)5)28-23-21-8-6-7-20(18(2)19-9-10-19)22(21)26-16-27-23/h6-8,16-17,19H,2,9-15H2,1,3-5H3,(H,26,27,28)/t17-/m0/s1. The fourth-order valence-electron chi connectivity index (χ4n) is 4.22. The molecule has 1 amide bonds. The lowest BCUT2D eigenvalue weighted by Crippen LogP contribution is -2.51. The third-order valence-electron chi connectivity index (χ3n) is 6.02. The van der Waals surface area contributed by atoms with Crippen molar-refractivity contribution in [2.24, 2.45) is 5.92 Å².